The van der Waals surface area contributed by atoms with E-state index >= 15 is 0 Å². The topological polar surface area (TPSA) is 44.8 Å². The summed E-state index contributed by atoms with van der Waals surface area (Å²) in [5, 5.41) is 0.644. The van der Waals surface area contributed by atoms with Gasteiger partial charge in [0.25, 0.3) is 0 Å². The van der Waals surface area contributed by atoms with Gasteiger partial charge in [0.1, 0.15) is 18.1 Å². The van der Waals surface area contributed by atoms with Crippen LogP contribution in [-0.4, -0.2) is 26.3 Å². The second-order valence-electron chi connectivity index (χ2n) is 5.73. The van der Waals surface area contributed by atoms with Crippen molar-refractivity contribution in [3.63, 3.8) is 0 Å². The summed E-state index contributed by atoms with van der Waals surface area (Å²) in [5.74, 6) is 1.09. The van der Waals surface area contributed by atoms with Crippen LogP contribution in [0, 0.1) is 5.92 Å². The number of carbonyl (C=O) groups excluding carboxylic acids is 1. The molecule has 0 spiro atoms. The van der Waals surface area contributed by atoms with Crippen LogP contribution < -0.4 is 9.47 Å². The van der Waals surface area contributed by atoms with Crippen molar-refractivity contribution in [1.29, 1.82) is 0 Å². The molecule has 4 nitrogen and oxygen atoms in total. The molecule has 1 heterocycles. The maximum atomic E-state index is 12.2. The van der Waals surface area contributed by atoms with E-state index in [0.717, 1.165) is 22.6 Å². The summed E-state index contributed by atoms with van der Waals surface area (Å²) in [7, 11) is 1.63. The first-order valence-corrected chi connectivity index (χ1v) is 8.24. The van der Waals surface area contributed by atoms with Gasteiger partial charge in [0.05, 0.1) is 19.6 Å². The lowest BCUT2D eigenvalue weighted by molar-refractivity contribution is -0.149. The zero-order valence-corrected chi connectivity index (χ0v) is 14.2. The van der Waals surface area contributed by atoms with E-state index in [-0.39, 0.29) is 11.9 Å². The van der Waals surface area contributed by atoms with Crippen LogP contribution in [-0.2, 0) is 22.4 Å². The van der Waals surface area contributed by atoms with E-state index < -0.39 is 0 Å². The van der Waals surface area contributed by atoms with E-state index in [1.807, 2.05) is 36.4 Å². The Kier molecular flexibility index (Phi) is 5.26. The molecule has 0 saturated heterocycles. The van der Waals surface area contributed by atoms with E-state index in [1.54, 1.807) is 13.2 Å². The number of rotatable bonds is 5. The van der Waals surface area contributed by atoms with Gasteiger partial charge in [0.15, 0.2) is 0 Å². The number of ether oxygens (including phenoxy) is 3. The number of benzene rings is 2. The maximum absolute atomic E-state index is 12.2. The predicted octanol–water partition coefficient (Wildman–Crippen LogP) is 3.69. The van der Waals surface area contributed by atoms with Crippen LogP contribution in [0.25, 0.3) is 0 Å². The Morgan fingerprint density at radius 1 is 1.25 bits per heavy atom. The van der Waals surface area contributed by atoms with Crippen molar-refractivity contribution in [2.24, 2.45) is 5.92 Å². The Hall–Kier alpha value is -2.20. The van der Waals surface area contributed by atoms with Crippen LogP contribution in [0.3, 0.4) is 0 Å². The van der Waals surface area contributed by atoms with Gasteiger partial charge in [-0.25, -0.2) is 0 Å². The Morgan fingerprint density at radius 2 is 2.04 bits per heavy atom. The van der Waals surface area contributed by atoms with Crippen LogP contribution in [0.15, 0.2) is 42.5 Å². The third kappa shape index (κ3) is 4.01. The van der Waals surface area contributed by atoms with Crippen LogP contribution in [0.4, 0.5) is 0 Å². The third-order valence-electron chi connectivity index (χ3n) is 4.06. The Morgan fingerprint density at radius 3 is 2.79 bits per heavy atom. The molecule has 0 unspecified atom stereocenters. The SMILES string of the molecule is COc1ccc(CCOC(=O)[C@H]2COc3ccc(Cl)cc3C2)cc1. The molecule has 126 valence electrons. The molecule has 24 heavy (non-hydrogen) atoms. The summed E-state index contributed by atoms with van der Waals surface area (Å²) >= 11 is 6.00. The molecule has 3 rings (SSSR count). The van der Waals surface area contributed by atoms with Crippen molar-refractivity contribution in [2.45, 2.75) is 12.8 Å². The highest BCUT2D eigenvalue weighted by Gasteiger charge is 2.27. The van der Waals surface area contributed by atoms with Crippen molar-refractivity contribution in [3.8, 4) is 11.5 Å². The number of hydrogen-bond donors (Lipinski definition) is 0. The highest BCUT2D eigenvalue weighted by molar-refractivity contribution is 6.30. The van der Waals surface area contributed by atoms with Gasteiger partial charge in [0, 0.05) is 11.4 Å². The van der Waals surface area contributed by atoms with E-state index in [2.05, 4.69) is 0 Å². The Balaban J connectivity index is 1.50. The molecule has 0 saturated carbocycles. The third-order valence-corrected chi connectivity index (χ3v) is 4.29. The summed E-state index contributed by atoms with van der Waals surface area (Å²) in [6, 6.07) is 13.2. The highest BCUT2D eigenvalue weighted by Crippen LogP contribution is 2.30. The van der Waals surface area contributed by atoms with Gasteiger partial charge in [0.2, 0.25) is 0 Å². The van der Waals surface area contributed by atoms with Crippen LogP contribution in [0.5, 0.6) is 11.5 Å². The lowest BCUT2D eigenvalue weighted by atomic mass is 9.97. The second kappa shape index (κ2) is 7.58. The van der Waals surface area contributed by atoms with Crippen molar-refractivity contribution < 1.29 is 19.0 Å². The lowest BCUT2D eigenvalue weighted by Crippen LogP contribution is -2.30. The maximum Gasteiger partial charge on any atom is 0.312 e. The fourth-order valence-corrected chi connectivity index (χ4v) is 2.89. The van der Waals surface area contributed by atoms with Crippen molar-refractivity contribution in [1.82, 2.24) is 0 Å². The molecular weight excluding hydrogens is 328 g/mol. The quantitative estimate of drug-likeness (QED) is 0.775. The van der Waals surface area contributed by atoms with Crippen LogP contribution >= 0.6 is 11.6 Å². The molecule has 0 bridgehead atoms. The zero-order valence-electron chi connectivity index (χ0n) is 13.5. The largest absolute Gasteiger partial charge is 0.497 e. The van der Waals surface area contributed by atoms with E-state index in [9.17, 15) is 4.79 Å². The molecular formula is C19H19ClO4. The first-order valence-electron chi connectivity index (χ1n) is 7.86. The molecule has 5 heteroatoms. The van der Waals surface area contributed by atoms with Crippen LogP contribution in [0.1, 0.15) is 11.1 Å². The molecule has 2 aromatic rings. The number of methoxy groups -OCH3 is 1. The number of fused-ring (bicyclic) bond motifs is 1. The zero-order chi connectivity index (χ0) is 16.9. The summed E-state index contributed by atoms with van der Waals surface area (Å²) < 4.78 is 16.2. The number of carbonyl (C=O) groups is 1. The molecule has 1 aliphatic heterocycles. The monoisotopic (exact) mass is 346 g/mol. The molecule has 0 fully saturated rings. The van der Waals surface area contributed by atoms with Crippen molar-refractivity contribution in [2.75, 3.05) is 20.3 Å². The lowest BCUT2D eigenvalue weighted by Gasteiger charge is -2.24. The fourth-order valence-electron chi connectivity index (χ4n) is 2.69. The average molecular weight is 347 g/mol. The summed E-state index contributed by atoms with van der Waals surface area (Å²) in [6.07, 6.45) is 1.27. The summed E-state index contributed by atoms with van der Waals surface area (Å²) in [5.41, 5.74) is 2.05. The number of esters is 1. The molecule has 0 radical (unpaired) electrons. The van der Waals surface area contributed by atoms with Gasteiger partial charge in [-0.3, -0.25) is 4.79 Å². The average Bonchev–Trinajstić information content (AvgIpc) is 2.61. The number of hydrogen-bond acceptors (Lipinski definition) is 4. The Labute approximate surface area is 146 Å². The molecule has 0 N–H and O–H groups in total. The van der Waals surface area contributed by atoms with Gasteiger partial charge in [-0.2, -0.15) is 0 Å². The first kappa shape index (κ1) is 16.7. The normalized spacial score (nSPS) is 16.0. The standard InChI is InChI=1S/C19H19ClO4/c1-22-17-5-2-13(3-6-17)8-9-23-19(21)15-10-14-11-16(20)4-7-18(14)24-12-15/h2-7,11,15H,8-10,12H2,1H3/t15-/m1/s1. The second-order valence-corrected chi connectivity index (χ2v) is 6.17. The van der Waals surface area contributed by atoms with Crippen molar-refractivity contribution >= 4 is 17.6 Å². The molecule has 1 atom stereocenters. The Bertz CT molecular complexity index is 712. The van der Waals surface area contributed by atoms with Gasteiger partial charge in [-0.15, -0.1) is 0 Å². The summed E-state index contributed by atoms with van der Waals surface area (Å²) in [4.78, 5) is 12.2. The molecule has 1 aliphatic rings. The molecule has 2 aromatic carbocycles. The van der Waals surface area contributed by atoms with E-state index in [4.69, 9.17) is 25.8 Å². The smallest absolute Gasteiger partial charge is 0.312 e. The molecule has 0 amide bonds. The fraction of sp³-hybridized carbons (Fsp3) is 0.316. The number of halogens is 1. The molecule has 0 aliphatic carbocycles. The van der Waals surface area contributed by atoms with Gasteiger partial charge >= 0.3 is 5.97 Å². The van der Waals surface area contributed by atoms with E-state index in [1.165, 1.54) is 0 Å². The van der Waals surface area contributed by atoms with Crippen molar-refractivity contribution in [3.05, 3.63) is 58.6 Å². The van der Waals surface area contributed by atoms with Gasteiger partial charge in [-0.05, 0) is 47.9 Å². The summed E-state index contributed by atoms with van der Waals surface area (Å²) in [6.45, 7) is 0.695. The highest BCUT2D eigenvalue weighted by atomic mass is 35.5. The minimum Gasteiger partial charge on any atom is -0.497 e. The van der Waals surface area contributed by atoms with Gasteiger partial charge < -0.3 is 14.2 Å². The molecule has 0 aromatic heterocycles. The predicted molar refractivity (Wildman–Crippen MR) is 91.8 cm³/mol. The first-order chi connectivity index (χ1) is 11.7. The van der Waals surface area contributed by atoms with E-state index in [0.29, 0.717) is 31.1 Å². The minimum absolute atomic E-state index is 0.228. The van der Waals surface area contributed by atoms with Gasteiger partial charge in [-0.1, -0.05) is 23.7 Å². The minimum atomic E-state index is -0.285. The van der Waals surface area contributed by atoms with Crippen LogP contribution in [0.2, 0.25) is 5.02 Å².